The van der Waals surface area contributed by atoms with Crippen molar-refractivity contribution in [3.63, 3.8) is 0 Å². The predicted molar refractivity (Wildman–Crippen MR) is 68.9 cm³/mol. The zero-order valence-electron chi connectivity index (χ0n) is 9.58. The molecule has 0 spiro atoms. The van der Waals surface area contributed by atoms with Gasteiger partial charge in [0.2, 0.25) is 0 Å². The molecule has 0 amide bonds. The molecular formula is C13H16ClNO2. The summed E-state index contributed by atoms with van der Waals surface area (Å²) >= 11 is 5.91. The Hall–Kier alpha value is -1.22. The van der Waals surface area contributed by atoms with Crippen molar-refractivity contribution in [3.8, 4) is 0 Å². The topological polar surface area (TPSA) is 49.3 Å². The van der Waals surface area contributed by atoms with Gasteiger partial charge in [-0.15, -0.1) is 0 Å². The normalized spacial score (nSPS) is 16.8. The van der Waals surface area contributed by atoms with Crippen LogP contribution >= 0.6 is 11.6 Å². The van der Waals surface area contributed by atoms with Gasteiger partial charge in [0.15, 0.2) is 0 Å². The number of halogens is 1. The van der Waals surface area contributed by atoms with Gasteiger partial charge in [-0.05, 0) is 31.0 Å². The zero-order chi connectivity index (χ0) is 12.3. The van der Waals surface area contributed by atoms with E-state index in [1.807, 2.05) is 0 Å². The van der Waals surface area contributed by atoms with Crippen LogP contribution in [0.1, 0.15) is 42.5 Å². The van der Waals surface area contributed by atoms with Crippen molar-refractivity contribution in [1.82, 2.24) is 0 Å². The van der Waals surface area contributed by atoms with Crippen molar-refractivity contribution in [1.29, 1.82) is 0 Å². The molecule has 0 radical (unpaired) electrons. The van der Waals surface area contributed by atoms with E-state index in [0.717, 1.165) is 18.5 Å². The monoisotopic (exact) mass is 253 g/mol. The maximum Gasteiger partial charge on any atom is 0.335 e. The molecule has 0 bridgehead atoms. The Morgan fingerprint density at radius 3 is 2.59 bits per heavy atom. The molecule has 0 heterocycles. The molecule has 1 aliphatic rings. The summed E-state index contributed by atoms with van der Waals surface area (Å²) in [5, 5.41) is 12.8. The van der Waals surface area contributed by atoms with Crippen LogP contribution in [0.4, 0.5) is 5.69 Å². The fourth-order valence-electron chi connectivity index (χ4n) is 2.28. The zero-order valence-corrected chi connectivity index (χ0v) is 10.3. The highest BCUT2D eigenvalue weighted by molar-refractivity contribution is 6.31. The summed E-state index contributed by atoms with van der Waals surface area (Å²) in [5.41, 5.74) is 1.04. The van der Waals surface area contributed by atoms with Crippen LogP contribution in [-0.4, -0.2) is 17.1 Å². The minimum absolute atomic E-state index is 0.232. The fourth-order valence-corrected chi connectivity index (χ4v) is 2.51. The summed E-state index contributed by atoms with van der Waals surface area (Å²) in [5.74, 6) is -0.945. The van der Waals surface area contributed by atoms with Gasteiger partial charge in [0.05, 0.1) is 5.56 Å². The second kappa shape index (κ2) is 5.41. The van der Waals surface area contributed by atoms with E-state index >= 15 is 0 Å². The number of anilines is 1. The average molecular weight is 254 g/mol. The quantitative estimate of drug-likeness (QED) is 0.862. The highest BCUT2D eigenvalue weighted by Gasteiger charge is 2.14. The van der Waals surface area contributed by atoms with Crippen LogP contribution in [0.15, 0.2) is 18.2 Å². The van der Waals surface area contributed by atoms with Crippen molar-refractivity contribution in [3.05, 3.63) is 28.8 Å². The van der Waals surface area contributed by atoms with E-state index < -0.39 is 5.97 Å². The van der Waals surface area contributed by atoms with Gasteiger partial charge in [-0.25, -0.2) is 4.79 Å². The molecule has 3 nitrogen and oxygen atoms in total. The minimum atomic E-state index is -0.945. The number of carboxylic acid groups (broad SMARTS) is 1. The molecule has 1 saturated carbocycles. The highest BCUT2D eigenvalue weighted by Crippen LogP contribution is 2.24. The summed E-state index contributed by atoms with van der Waals surface area (Å²) in [4.78, 5) is 10.9. The van der Waals surface area contributed by atoms with Gasteiger partial charge in [-0.3, -0.25) is 0 Å². The number of carboxylic acids is 1. The lowest BCUT2D eigenvalue weighted by Crippen LogP contribution is -2.22. The van der Waals surface area contributed by atoms with Gasteiger partial charge in [0.1, 0.15) is 0 Å². The molecule has 4 heteroatoms. The number of hydrogen-bond donors (Lipinski definition) is 2. The van der Waals surface area contributed by atoms with E-state index in [1.54, 1.807) is 12.1 Å². The molecule has 1 aromatic carbocycles. The van der Waals surface area contributed by atoms with Gasteiger partial charge in [-0.1, -0.05) is 30.9 Å². The van der Waals surface area contributed by atoms with Gasteiger partial charge < -0.3 is 10.4 Å². The standard InChI is InChI=1S/C13H16ClNO2/c14-10-6-9(13(16)17)7-12(8-10)15-11-4-2-1-3-5-11/h6-8,11,15H,1-5H2,(H,16,17). The van der Waals surface area contributed by atoms with Crippen LogP contribution in [0.25, 0.3) is 0 Å². The first-order valence-electron chi connectivity index (χ1n) is 5.95. The first-order valence-corrected chi connectivity index (χ1v) is 6.33. The molecule has 0 aliphatic heterocycles. The molecule has 1 fully saturated rings. The van der Waals surface area contributed by atoms with Crippen molar-refractivity contribution in [2.45, 2.75) is 38.1 Å². The minimum Gasteiger partial charge on any atom is -0.478 e. The van der Waals surface area contributed by atoms with Crippen LogP contribution in [-0.2, 0) is 0 Å². The molecule has 0 unspecified atom stereocenters. The summed E-state index contributed by atoms with van der Waals surface area (Å²) in [7, 11) is 0. The van der Waals surface area contributed by atoms with Gasteiger partial charge in [0.25, 0.3) is 0 Å². The average Bonchev–Trinajstić information content (AvgIpc) is 2.29. The first-order chi connectivity index (χ1) is 8.15. The summed E-state index contributed by atoms with van der Waals surface area (Å²) in [6, 6.07) is 5.34. The Labute approximate surface area is 106 Å². The molecular weight excluding hydrogens is 238 g/mol. The Bertz CT molecular complexity index is 414. The Balaban J connectivity index is 2.11. The Morgan fingerprint density at radius 2 is 1.94 bits per heavy atom. The third-order valence-electron chi connectivity index (χ3n) is 3.12. The van der Waals surface area contributed by atoms with E-state index in [4.69, 9.17) is 16.7 Å². The lowest BCUT2D eigenvalue weighted by molar-refractivity contribution is 0.0697. The summed E-state index contributed by atoms with van der Waals surface area (Å²) in [6.45, 7) is 0. The number of nitrogens with one attached hydrogen (secondary N) is 1. The lowest BCUT2D eigenvalue weighted by atomic mass is 9.95. The molecule has 0 atom stereocenters. The van der Waals surface area contributed by atoms with E-state index in [0.29, 0.717) is 11.1 Å². The predicted octanol–water partition coefficient (Wildman–Crippen LogP) is 3.78. The Kier molecular flexibility index (Phi) is 3.89. The van der Waals surface area contributed by atoms with Gasteiger partial charge in [0, 0.05) is 16.8 Å². The fraction of sp³-hybridized carbons (Fsp3) is 0.462. The molecule has 2 N–H and O–H groups in total. The molecule has 0 saturated heterocycles. The van der Waals surface area contributed by atoms with Crippen LogP contribution in [0.3, 0.4) is 0 Å². The smallest absolute Gasteiger partial charge is 0.335 e. The Morgan fingerprint density at radius 1 is 1.24 bits per heavy atom. The van der Waals surface area contributed by atoms with Crippen molar-refractivity contribution in [2.24, 2.45) is 0 Å². The maximum absolute atomic E-state index is 10.9. The summed E-state index contributed by atoms with van der Waals surface area (Å²) in [6.07, 6.45) is 6.08. The van der Waals surface area contributed by atoms with Crippen LogP contribution in [0.5, 0.6) is 0 Å². The second-order valence-electron chi connectivity index (χ2n) is 4.51. The van der Waals surface area contributed by atoms with E-state index in [2.05, 4.69) is 5.32 Å². The second-order valence-corrected chi connectivity index (χ2v) is 4.95. The van der Waals surface area contributed by atoms with Crippen molar-refractivity contribution in [2.75, 3.05) is 5.32 Å². The van der Waals surface area contributed by atoms with Crippen LogP contribution in [0.2, 0.25) is 5.02 Å². The first kappa shape index (κ1) is 12.2. The molecule has 0 aromatic heterocycles. The van der Waals surface area contributed by atoms with Crippen LogP contribution < -0.4 is 5.32 Å². The van der Waals surface area contributed by atoms with Crippen LogP contribution in [0, 0.1) is 0 Å². The highest BCUT2D eigenvalue weighted by atomic mass is 35.5. The SMILES string of the molecule is O=C(O)c1cc(Cl)cc(NC2CCCCC2)c1. The van der Waals surface area contributed by atoms with E-state index in [-0.39, 0.29) is 5.56 Å². The van der Waals surface area contributed by atoms with Gasteiger partial charge in [-0.2, -0.15) is 0 Å². The number of carbonyl (C=O) groups is 1. The number of rotatable bonds is 3. The largest absolute Gasteiger partial charge is 0.478 e. The molecule has 17 heavy (non-hydrogen) atoms. The van der Waals surface area contributed by atoms with Crippen molar-refractivity contribution < 1.29 is 9.90 Å². The molecule has 1 aliphatic carbocycles. The molecule has 92 valence electrons. The lowest BCUT2D eigenvalue weighted by Gasteiger charge is -2.24. The number of benzene rings is 1. The van der Waals surface area contributed by atoms with Crippen molar-refractivity contribution >= 4 is 23.3 Å². The van der Waals surface area contributed by atoms with E-state index in [1.165, 1.54) is 25.3 Å². The number of aromatic carboxylic acids is 1. The third kappa shape index (κ3) is 3.37. The third-order valence-corrected chi connectivity index (χ3v) is 3.34. The summed E-state index contributed by atoms with van der Waals surface area (Å²) < 4.78 is 0. The van der Waals surface area contributed by atoms with Gasteiger partial charge >= 0.3 is 5.97 Å². The molecule has 2 rings (SSSR count). The molecule has 1 aromatic rings. The maximum atomic E-state index is 10.9. The van der Waals surface area contributed by atoms with E-state index in [9.17, 15) is 4.79 Å². The number of hydrogen-bond acceptors (Lipinski definition) is 2.